The van der Waals surface area contributed by atoms with Gasteiger partial charge in [-0.3, -0.25) is 9.78 Å². The van der Waals surface area contributed by atoms with Crippen LogP contribution < -0.4 is 10.6 Å². The monoisotopic (exact) mass is 347 g/mol. The van der Waals surface area contributed by atoms with Crippen LogP contribution in [0.5, 0.6) is 0 Å². The summed E-state index contributed by atoms with van der Waals surface area (Å²) < 4.78 is 0. The molecule has 2 N–H and O–H groups in total. The van der Waals surface area contributed by atoms with Gasteiger partial charge in [-0.1, -0.05) is 38.1 Å². The van der Waals surface area contributed by atoms with Crippen LogP contribution in [0.4, 0.5) is 11.5 Å². The fourth-order valence-electron chi connectivity index (χ4n) is 2.56. The van der Waals surface area contributed by atoms with Gasteiger partial charge in [0, 0.05) is 18.0 Å². The average Bonchev–Trinajstić information content (AvgIpc) is 2.67. The van der Waals surface area contributed by atoms with Crippen LogP contribution in [-0.2, 0) is 6.54 Å². The highest BCUT2D eigenvalue weighted by Gasteiger charge is 2.12. The van der Waals surface area contributed by atoms with E-state index in [2.05, 4.69) is 39.4 Å². The Hall–Kier alpha value is -3.28. The molecule has 0 aliphatic carbocycles. The molecule has 1 amide bonds. The molecule has 1 aromatic carbocycles. The maximum absolute atomic E-state index is 12.6. The third kappa shape index (κ3) is 4.42. The predicted molar refractivity (Wildman–Crippen MR) is 102 cm³/mol. The summed E-state index contributed by atoms with van der Waals surface area (Å²) in [5.74, 6) is 0.627. The summed E-state index contributed by atoms with van der Waals surface area (Å²) in [5.41, 5.74) is 3.09. The number of aromatic nitrogens is 3. The third-order valence-electron chi connectivity index (χ3n) is 3.91. The molecule has 0 saturated heterocycles. The largest absolute Gasteiger partial charge is 0.364 e. The molecule has 0 aliphatic heterocycles. The summed E-state index contributed by atoms with van der Waals surface area (Å²) in [5, 5.41) is 6.10. The number of hydrogen-bond donors (Lipinski definition) is 2. The van der Waals surface area contributed by atoms with Crippen LogP contribution in [0.15, 0.2) is 61.1 Å². The van der Waals surface area contributed by atoms with Crippen LogP contribution in [0.25, 0.3) is 0 Å². The minimum Gasteiger partial charge on any atom is -0.364 e. The van der Waals surface area contributed by atoms with Gasteiger partial charge in [0.05, 0.1) is 12.2 Å². The summed E-state index contributed by atoms with van der Waals surface area (Å²) >= 11 is 0. The smallest absolute Gasteiger partial charge is 0.274 e. The van der Waals surface area contributed by atoms with E-state index in [1.54, 1.807) is 12.3 Å². The van der Waals surface area contributed by atoms with Crippen LogP contribution in [0.3, 0.4) is 0 Å². The molecule has 6 heteroatoms. The number of carbonyl (C=O) groups is 1. The molecule has 2 heterocycles. The van der Waals surface area contributed by atoms with Gasteiger partial charge in [0.15, 0.2) is 0 Å². The van der Waals surface area contributed by atoms with Gasteiger partial charge in [-0.05, 0) is 29.7 Å². The van der Waals surface area contributed by atoms with Crippen LogP contribution in [-0.4, -0.2) is 20.9 Å². The van der Waals surface area contributed by atoms with E-state index >= 15 is 0 Å². The molecule has 0 radical (unpaired) electrons. The molecular weight excluding hydrogens is 326 g/mol. The lowest BCUT2D eigenvalue weighted by molar-refractivity contribution is 0.102. The van der Waals surface area contributed by atoms with Gasteiger partial charge in [0.25, 0.3) is 5.91 Å². The maximum Gasteiger partial charge on any atom is 0.274 e. The Morgan fingerprint density at radius 3 is 2.62 bits per heavy atom. The van der Waals surface area contributed by atoms with Gasteiger partial charge in [-0.2, -0.15) is 0 Å². The molecule has 6 nitrogen and oxygen atoms in total. The van der Waals surface area contributed by atoms with E-state index in [4.69, 9.17) is 0 Å². The Bertz CT molecular complexity index is 880. The minimum absolute atomic E-state index is 0.263. The summed E-state index contributed by atoms with van der Waals surface area (Å²) in [6.07, 6.45) is 3.12. The van der Waals surface area contributed by atoms with E-state index < -0.39 is 0 Å². The van der Waals surface area contributed by atoms with Gasteiger partial charge in [0.2, 0.25) is 0 Å². The molecule has 2 aromatic heterocycles. The van der Waals surface area contributed by atoms with Gasteiger partial charge < -0.3 is 10.6 Å². The molecular formula is C20H21N5O. The Balaban J connectivity index is 1.70. The topological polar surface area (TPSA) is 79.8 Å². The zero-order chi connectivity index (χ0) is 18.4. The lowest BCUT2D eigenvalue weighted by atomic mass is 10.0. The Kier molecular flexibility index (Phi) is 5.53. The standard InChI is InChI=1S/C20H21N5O/c1-14(2)16-8-3-4-9-17(16)25-20(26)18-11-19(24-13-23-18)22-12-15-7-5-6-10-21-15/h3-11,13-14H,12H2,1-2H3,(H,25,26)(H,22,23,24). The summed E-state index contributed by atoms with van der Waals surface area (Å²) in [7, 11) is 0. The number of nitrogens with zero attached hydrogens (tertiary/aromatic N) is 3. The number of benzene rings is 1. The second-order valence-electron chi connectivity index (χ2n) is 6.16. The molecule has 26 heavy (non-hydrogen) atoms. The van der Waals surface area contributed by atoms with Crippen LogP contribution in [0, 0.1) is 0 Å². The molecule has 0 atom stereocenters. The number of amides is 1. The van der Waals surface area contributed by atoms with Crippen molar-refractivity contribution in [2.75, 3.05) is 10.6 Å². The van der Waals surface area contributed by atoms with Gasteiger partial charge in [-0.25, -0.2) is 9.97 Å². The quantitative estimate of drug-likeness (QED) is 0.708. The maximum atomic E-state index is 12.6. The molecule has 132 valence electrons. The molecule has 0 unspecified atom stereocenters. The number of carbonyl (C=O) groups excluding carboxylic acids is 1. The Labute approximate surface area is 152 Å². The Morgan fingerprint density at radius 1 is 1.04 bits per heavy atom. The second-order valence-corrected chi connectivity index (χ2v) is 6.16. The summed E-state index contributed by atoms with van der Waals surface area (Å²) in [6.45, 7) is 4.71. The highest BCUT2D eigenvalue weighted by molar-refractivity contribution is 6.03. The van der Waals surface area contributed by atoms with Gasteiger partial charge in [-0.15, -0.1) is 0 Å². The summed E-state index contributed by atoms with van der Waals surface area (Å²) in [4.78, 5) is 25.1. The average molecular weight is 347 g/mol. The van der Waals surface area contributed by atoms with Crippen molar-refractivity contribution in [2.45, 2.75) is 26.3 Å². The molecule has 3 rings (SSSR count). The summed E-state index contributed by atoms with van der Waals surface area (Å²) in [6, 6.07) is 15.1. The first kappa shape index (κ1) is 17.5. The first-order valence-corrected chi connectivity index (χ1v) is 8.49. The van der Waals surface area contributed by atoms with Gasteiger partial charge >= 0.3 is 0 Å². The number of anilines is 2. The van der Waals surface area contributed by atoms with E-state index in [-0.39, 0.29) is 5.91 Å². The van der Waals surface area contributed by atoms with Crippen molar-refractivity contribution in [1.82, 2.24) is 15.0 Å². The van der Waals surface area contributed by atoms with E-state index in [9.17, 15) is 4.79 Å². The van der Waals surface area contributed by atoms with Crippen molar-refractivity contribution in [1.29, 1.82) is 0 Å². The number of rotatable bonds is 6. The first-order chi connectivity index (χ1) is 12.6. The molecule has 0 saturated carbocycles. The van der Waals surface area contributed by atoms with Crippen LogP contribution in [0.2, 0.25) is 0 Å². The fraction of sp³-hybridized carbons (Fsp3) is 0.200. The zero-order valence-corrected chi connectivity index (χ0v) is 14.8. The highest BCUT2D eigenvalue weighted by atomic mass is 16.1. The first-order valence-electron chi connectivity index (χ1n) is 8.49. The highest BCUT2D eigenvalue weighted by Crippen LogP contribution is 2.24. The van der Waals surface area contributed by atoms with E-state index in [0.29, 0.717) is 24.0 Å². The van der Waals surface area contributed by atoms with Gasteiger partial charge in [0.1, 0.15) is 17.8 Å². The number of para-hydroxylation sites is 1. The molecule has 0 bridgehead atoms. The van der Waals surface area contributed by atoms with Crippen molar-refractivity contribution in [3.63, 3.8) is 0 Å². The van der Waals surface area contributed by atoms with E-state index in [1.165, 1.54) is 6.33 Å². The Morgan fingerprint density at radius 2 is 1.85 bits per heavy atom. The van der Waals surface area contributed by atoms with Crippen LogP contribution >= 0.6 is 0 Å². The number of pyridine rings is 1. The lowest BCUT2D eigenvalue weighted by Crippen LogP contribution is -2.16. The SMILES string of the molecule is CC(C)c1ccccc1NC(=O)c1cc(NCc2ccccn2)ncn1. The second kappa shape index (κ2) is 8.20. The van der Waals surface area contributed by atoms with E-state index in [1.807, 2.05) is 42.5 Å². The number of nitrogens with one attached hydrogen (secondary N) is 2. The normalized spacial score (nSPS) is 10.6. The van der Waals surface area contributed by atoms with Crippen LogP contribution in [0.1, 0.15) is 41.5 Å². The molecule has 0 fully saturated rings. The fourth-order valence-corrected chi connectivity index (χ4v) is 2.56. The molecule has 3 aromatic rings. The van der Waals surface area contributed by atoms with Crippen molar-refractivity contribution >= 4 is 17.4 Å². The van der Waals surface area contributed by atoms with Crippen molar-refractivity contribution in [3.05, 3.63) is 78.0 Å². The molecule has 0 aliphatic rings. The van der Waals surface area contributed by atoms with Crippen molar-refractivity contribution in [2.24, 2.45) is 0 Å². The van der Waals surface area contributed by atoms with Crippen molar-refractivity contribution < 1.29 is 4.79 Å². The lowest BCUT2D eigenvalue weighted by Gasteiger charge is -2.13. The van der Waals surface area contributed by atoms with E-state index in [0.717, 1.165) is 16.9 Å². The predicted octanol–water partition coefficient (Wildman–Crippen LogP) is 3.86. The molecule has 0 spiro atoms. The van der Waals surface area contributed by atoms with Crippen molar-refractivity contribution in [3.8, 4) is 0 Å². The third-order valence-corrected chi connectivity index (χ3v) is 3.91. The minimum atomic E-state index is -0.263. The zero-order valence-electron chi connectivity index (χ0n) is 14.8. The number of hydrogen-bond acceptors (Lipinski definition) is 5.